The van der Waals surface area contributed by atoms with E-state index in [1.807, 2.05) is 36.6 Å². The molecule has 2 atom stereocenters. The standard InChI is InChI=1S/C14H21NO2S/c1-11(18-3)10-15-13(16)9-14(2,17)12-7-5-4-6-8-12/h4-8,11,17H,9-10H2,1-3H3,(H,15,16). The van der Waals surface area contributed by atoms with Crippen molar-refractivity contribution >= 4 is 17.7 Å². The molecule has 0 saturated heterocycles. The van der Waals surface area contributed by atoms with Crippen molar-refractivity contribution in [1.29, 1.82) is 0 Å². The normalized spacial score (nSPS) is 15.8. The fraction of sp³-hybridized carbons (Fsp3) is 0.500. The Labute approximate surface area is 113 Å². The van der Waals surface area contributed by atoms with E-state index in [2.05, 4.69) is 12.2 Å². The summed E-state index contributed by atoms with van der Waals surface area (Å²) >= 11 is 1.70. The number of benzene rings is 1. The average molecular weight is 267 g/mol. The van der Waals surface area contributed by atoms with Gasteiger partial charge in [-0.15, -0.1) is 0 Å². The van der Waals surface area contributed by atoms with E-state index in [0.717, 1.165) is 5.56 Å². The van der Waals surface area contributed by atoms with E-state index in [1.165, 1.54) is 0 Å². The van der Waals surface area contributed by atoms with E-state index in [1.54, 1.807) is 18.7 Å². The molecule has 18 heavy (non-hydrogen) atoms. The molecule has 0 aliphatic carbocycles. The lowest BCUT2D eigenvalue weighted by molar-refractivity contribution is -0.125. The van der Waals surface area contributed by atoms with Crippen LogP contribution in [0.25, 0.3) is 0 Å². The van der Waals surface area contributed by atoms with Gasteiger partial charge in [-0.2, -0.15) is 11.8 Å². The van der Waals surface area contributed by atoms with Gasteiger partial charge in [0.1, 0.15) is 0 Å². The van der Waals surface area contributed by atoms with Gasteiger partial charge in [-0.25, -0.2) is 0 Å². The van der Waals surface area contributed by atoms with Gasteiger partial charge in [0.25, 0.3) is 0 Å². The van der Waals surface area contributed by atoms with Crippen LogP contribution in [0.3, 0.4) is 0 Å². The summed E-state index contributed by atoms with van der Waals surface area (Å²) in [6.45, 7) is 4.35. The van der Waals surface area contributed by atoms with Gasteiger partial charge in [0, 0.05) is 11.8 Å². The molecule has 0 radical (unpaired) electrons. The van der Waals surface area contributed by atoms with Gasteiger partial charge in [-0.05, 0) is 18.7 Å². The third-order valence-electron chi connectivity index (χ3n) is 2.89. The Balaban J connectivity index is 2.53. The molecule has 0 fully saturated rings. The zero-order valence-electron chi connectivity index (χ0n) is 11.1. The maximum Gasteiger partial charge on any atom is 0.223 e. The lowest BCUT2D eigenvalue weighted by Gasteiger charge is -2.23. The Morgan fingerprint density at radius 3 is 2.61 bits per heavy atom. The first-order valence-corrected chi connectivity index (χ1v) is 7.32. The van der Waals surface area contributed by atoms with Crippen molar-refractivity contribution in [2.45, 2.75) is 31.1 Å². The molecule has 4 heteroatoms. The number of nitrogens with one attached hydrogen (secondary N) is 1. The lowest BCUT2D eigenvalue weighted by atomic mass is 9.92. The second kappa shape index (κ2) is 6.81. The van der Waals surface area contributed by atoms with Gasteiger partial charge < -0.3 is 10.4 Å². The van der Waals surface area contributed by atoms with Gasteiger partial charge in [0.15, 0.2) is 0 Å². The molecule has 0 aromatic heterocycles. The van der Waals surface area contributed by atoms with Crippen LogP contribution in [-0.4, -0.2) is 29.1 Å². The minimum atomic E-state index is -1.12. The molecule has 100 valence electrons. The Hall–Kier alpha value is -1.00. The number of rotatable bonds is 6. The zero-order chi connectivity index (χ0) is 13.6. The first-order chi connectivity index (χ1) is 8.45. The smallest absolute Gasteiger partial charge is 0.223 e. The first kappa shape index (κ1) is 15.1. The Morgan fingerprint density at radius 2 is 2.06 bits per heavy atom. The van der Waals surface area contributed by atoms with Crippen LogP contribution in [0.1, 0.15) is 25.8 Å². The summed E-state index contributed by atoms with van der Waals surface area (Å²) in [6.07, 6.45) is 2.09. The van der Waals surface area contributed by atoms with E-state index in [4.69, 9.17) is 0 Å². The Kier molecular flexibility index (Phi) is 5.69. The second-order valence-corrected chi connectivity index (χ2v) is 5.94. The molecule has 0 aliphatic rings. The topological polar surface area (TPSA) is 49.3 Å². The van der Waals surface area contributed by atoms with Gasteiger partial charge in [-0.3, -0.25) is 4.79 Å². The van der Waals surface area contributed by atoms with E-state index >= 15 is 0 Å². The van der Waals surface area contributed by atoms with Crippen molar-refractivity contribution in [3.8, 4) is 0 Å². The minimum Gasteiger partial charge on any atom is -0.385 e. The zero-order valence-corrected chi connectivity index (χ0v) is 12.0. The van der Waals surface area contributed by atoms with Gasteiger partial charge >= 0.3 is 0 Å². The molecule has 2 N–H and O–H groups in total. The van der Waals surface area contributed by atoms with Crippen molar-refractivity contribution in [1.82, 2.24) is 5.32 Å². The minimum absolute atomic E-state index is 0.0815. The fourth-order valence-electron chi connectivity index (χ4n) is 1.62. The van der Waals surface area contributed by atoms with Crippen LogP contribution in [0.2, 0.25) is 0 Å². The molecule has 0 aliphatic heterocycles. The van der Waals surface area contributed by atoms with Crippen molar-refractivity contribution < 1.29 is 9.90 Å². The predicted octanol–water partition coefficient (Wildman–Crippen LogP) is 2.15. The maximum atomic E-state index is 11.8. The summed E-state index contributed by atoms with van der Waals surface area (Å²) in [6, 6.07) is 9.27. The predicted molar refractivity (Wildman–Crippen MR) is 76.6 cm³/mol. The van der Waals surface area contributed by atoms with Crippen LogP contribution < -0.4 is 5.32 Å². The SMILES string of the molecule is CSC(C)CNC(=O)CC(C)(O)c1ccccc1. The van der Waals surface area contributed by atoms with Crippen LogP contribution >= 0.6 is 11.8 Å². The summed E-state index contributed by atoms with van der Waals surface area (Å²) in [5.74, 6) is -0.121. The molecule has 1 rings (SSSR count). The summed E-state index contributed by atoms with van der Waals surface area (Å²) < 4.78 is 0. The molecule has 0 saturated carbocycles. The van der Waals surface area contributed by atoms with Crippen LogP contribution in [0.15, 0.2) is 30.3 Å². The number of thioether (sulfide) groups is 1. The third kappa shape index (κ3) is 4.70. The molecule has 0 heterocycles. The van der Waals surface area contributed by atoms with Gasteiger partial charge in [0.05, 0.1) is 12.0 Å². The number of hydrogen-bond donors (Lipinski definition) is 2. The number of amides is 1. The lowest BCUT2D eigenvalue weighted by Crippen LogP contribution is -2.35. The molecule has 2 unspecified atom stereocenters. The van der Waals surface area contributed by atoms with E-state index in [9.17, 15) is 9.90 Å². The van der Waals surface area contributed by atoms with Gasteiger partial charge in [-0.1, -0.05) is 37.3 Å². The van der Waals surface area contributed by atoms with Crippen LogP contribution in [0.4, 0.5) is 0 Å². The molecule has 1 aromatic carbocycles. The van der Waals surface area contributed by atoms with E-state index in [0.29, 0.717) is 11.8 Å². The highest BCUT2D eigenvalue weighted by atomic mass is 32.2. The second-order valence-electron chi connectivity index (χ2n) is 4.67. The van der Waals surface area contributed by atoms with Gasteiger partial charge in [0.2, 0.25) is 5.91 Å². The Bertz CT molecular complexity index is 379. The molecule has 0 bridgehead atoms. The van der Waals surface area contributed by atoms with E-state index < -0.39 is 5.60 Å². The fourth-order valence-corrected chi connectivity index (χ4v) is 1.87. The summed E-state index contributed by atoms with van der Waals surface area (Å²) in [5.41, 5.74) is -0.355. The largest absolute Gasteiger partial charge is 0.385 e. The monoisotopic (exact) mass is 267 g/mol. The molecule has 3 nitrogen and oxygen atoms in total. The number of carbonyl (C=O) groups is 1. The highest BCUT2D eigenvalue weighted by Gasteiger charge is 2.26. The van der Waals surface area contributed by atoms with Crippen molar-refractivity contribution in [2.24, 2.45) is 0 Å². The van der Waals surface area contributed by atoms with Crippen molar-refractivity contribution in [3.05, 3.63) is 35.9 Å². The van der Waals surface area contributed by atoms with Crippen molar-refractivity contribution in [3.63, 3.8) is 0 Å². The van der Waals surface area contributed by atoms with Crippen LogP contribution in [0.5, 0.6) is 0 Å². The van der Waals surface area contributed by atoms with Crippen LogP contribution in [-0.2, 0) is 10.4 Å². The number of carbonyl (C=O) groups excluding carboxylic acids is 1. The maximum absolute atomic E-state index is 11.8. The summed E-state index contributed by atoms with van der Waals surface area (Å²) in [7, 11) is 0. The Morgan fingerprint density at radius 1 is 1.44 bits per heavy atom. The molecule has 1 amide bonds. The number of hydrogen-bond acceptors (Lipinski definition) is 3. The highest BCUT2D eigenvalue weighted by molar-refractivity contribution is 7.99. The quantitative estimate of drug-likeness (QED) is 0.830. The molecule has 1 aromatic rings. The first-order valence-electron chi connectivity index (χ1n) is 6.03. The molecule has 0 spiro atoms. The summed E-state index contributed by atoms with van der Waals surface area (Å²) in [5, 5.41) is 13.5. The highest BCUT2D eigenvalue weighted by Crippen LogP contribution is 2.23. The third-order valence-corrected chi connectivity index (χ3v) is 3.86. The summed E-state index contributed by atoms with van der Waals surface area (Å²) in [4.78, 5) is 11.8. The molecular formula is C14H21NO2S. The number of aliphatic hydroxyl groups is 1. The molecular weight excluding hydrogens is 246 g/mol. The van der Waals surface area contributed by atoms with Crippen LogP contribution in [0, 0.1) is 0 Å². The van der Waals surface area contributed by atoms with E-state index in [-0.39, 0.29) is 12.3 Å². The van der Waals surface area contributed by atoms with Crippen molar-refractivity contribution in [2.75, 3.05) is 12.8 Å². The average Bonchev–Trinajstić information content (AvgIpc) is 2.36.